The molecule has 2 aromatic carbocycles. The van der Waals surface area contributed by atoms with Crippen LogP contribution in [0.4, 0.5) is 0 Å². The maximum absolute atomic E-state index is 12.1. The van der Waals surface area contributed by atoms with Gasteiger partial charge in [-0.05, 0) is 40.2 Å². The van der Waals surface area contributed by atoms with Crippen LogP contribution in [0.1, 0.15) is 16.1 Å². The SMILES string of the molecule is O=C(N/N=C\c1cc2c(cc1Br)OCO2)c1cc2ccccc2o1. The van der Waals surface area contributed by atoms with E-state index in [-0.39, 0.29) is 12.6 Å². The summed E-state index contributed by atoms with van der Waals surface area (Å²) < 4.78 is 16.9. The smallest absolute Gasteiger partial charge is 0.307 e. The van der Waals surface area contributed by atoms with Crippen molar-refractivity contribution >= 4 is 39.0 Å². The monoisotopic (exact) mass is 386 g/mol. The van der Waals surface area contributed by atoms with Crippen LogP contribution in [0.15, 0.2) is 56.5 Å². The highest BCUT2D eigenvalue weighted by molar-refractivity contribution is 9.10. The lowest BCUT2D eigenvalue weighted by atomic mass is 10.2. The van der Waals surface area contributed by atoms with Crippen molar-refractivity contribution in [3.05, 3.63) is 58.3 Å². The minimum atomic E-state index is -0.417. The van der Waals surface area contributed by atoms with E-state index in [1.807, 2.05) is 18.2 Å². The molecule has 0 aliphatic carbocycles. The fraction of sp³-hybridized carbons (Fsp3) is 0.0588. The number of rotatable bonds is 3. The minimum absolute atomic E-state index is 0.200. The first-order chi connectivity index (χ1) is 11.7. The zero-order valence-corrected chi connectivity index (χ0v) is 13.9. The lowest BCUT2D eigenvalue weighted by molar-refractivity contribution is 0.0929. The minimum Gasteiger partial charge on any atom is -0.454 e. The fourth-order valence-corrected chi connectivity index (χ4v) is 2.77. The third kappa shape index (κ3) is 2.74. The number of hydrazone groups is 1. The maximum Gasteiger partial charge on any atom is 0.307 e. The van der Waals surface area contributed by atoms with Crippen molar-refractivity contribution in [3.63, 3.8) is 0 Å². The first kappa shape index (κ1) is 14.8. The van der Waals surface area contributed by atoms with Crippen LogP contribution in [0, 0.1) is 0 Å². The van der Waals surface area contributed by atoms with E-state index in [1.165, 1.54) is 6.21 Å². The summed E-state index contributed by atoms with van der Waals surface area (Å²) in [6.45, 7) is 0.200. The second-order valence-electron chi connectivity index (χ2n) is 5.07. The van der Waals surface area contributed by atoms with Gasteiger partial charge in [-0.2, -0.15) is 5.10 Å². The number of hydrogen-bond donors (Lipinski definition) is 1. The number of hydrogen-bond acceptors (Lipinski definition) is 5. The Bertz CT molecular complexity index is 931. The Kier molecular flexibility index (Phi) is 3.70. The van der Waals surface area contributed by atoms with Gasteiger partial charge < -0.3 is 13.9 Å². The van der Waals surface area contributed by atoms with E-state index in [4.69, 9.17) is 13.9 Å². The summed E-state index contributed by atoms with van der Waals surface area (Å²) >= 11 is 3.43. The van der Waals surface area contributed by atoms with Crippen LogP contribution in [-0.2, 0) is 0 Å². The Balaban J connectivity index is 1.50. The molecule has 3 aromatic rings. The van der Waals surface area contributed by atoms with Crippen molar-refractivity contribution in [2.24, 2.45) is 5.10 Å². The molecule has 0 fully saturated rings. The highest BCUT2D eigenvalue weighted by Gasteiger charge is 2.16. The van der Waals surface area contributed by atoms with Crippen LogP contribution >= 0.6 is 15.9 Å². The molecule has 4 rings (SSSR count). The highest BCUT2D eigenvalue weighted by atomic mass is 79.9. The van der Waals surface area contributed by atoms with E-state index in [9.17, 15) is 4.79 Å². The standard InChI is InChI=1S/C17H11BrN2O4/c18-12-7-15-14(22-9-23-15)6-11(12)8-19-20-17(21)16-5-10-3-1-2-4-13(10)24-16/h1-8H,9H2,(H,20,21)/b19-8-. The second kappa shape index (κ2) is 6.01. The molecule has 0 atom stereocenters. The van der Waals surface area contributed by atoms with Crippen molar-refractivity contribution in [3.8, 4) is 11.5 Å². The number of nitrogens with one attached hydrogen (secondary N) is 1. The predicted molar refractivity (Wildman–Crippen MR) is 91.5 cm³/mol. The van der Waals surface area contributed by atoms with Crippen LogP contribution in [0.5, 0.6) is 11.5 Å². The molecular weight excluding hydrogens is 376 g/mol. The zero-order valence-electron chi connectivity index (χ0n) is 12.3. The Morgan fingerprint density at radius 1 is 1.17 bits per heavy atom. The number of para-hydroxylation sites is 1. The molecule has 0 spiro atoms. The molecule has 0 saturated heterocycles. The van der Waals surface area contributed by atoms with Gasteiger partial charge in [0.15, 0.2) is 17.3 Å². The number of carbonyl (C=O) groups excluding carboxylic acids is 1. The number of furan rings is 1. The molecule has 0 radical (unpaired) electrons. The molecule has 0 saturated carbocycles. The summed E-state index contributed by atoms with van der Waals surface area (Å²) in [4.78, 5) is 12.1. The van der Waals surface area contributed by atoms with Crippen LogP contribution in [0.25, 0.3) is 11.0 Å². The number of benzene rings is 2. The van der Waals surface area contributed by atoms with E-state index < -0.39 is 5.91 Å². The molecule has 6 nitrogen and oxygen atoms in total. The van der Waals surface area contributed by atoms with Gasteiger partial charge >= 0.3 is 5.91 Å². The van der Waals surface area contributed by atoms with Gasteiger partial charge in [0.05, 0.1) is 6.21 Å². The third-order valence-electron chi connectivity index (χ3n) is 3.51. The van der Waals surface area contributed by atoms with Gasteiger partial charge in [0.1, 0.15) is 5.58 Å². The highest BCUT2D eigenvalue weighted by Crippen LogP contribution is 2.36. The molecule has 1 aromatic heterocycles. The number of amides is 1. The summed E-state index contributed by atoms with van der Waals surface area (Å²) in [6, 6.07) is 12.7. The summed E-state index contributed by atoms with van der Waals surface area (Å²) in [5.74, 6) is 1.10. The number of nitrogens with zero attached hydrogens (tertiary/aromatic N) is 1. The first-order valence-electron chi connectivity index (χ1n) is 7.12. The summed E-state index contributed by atoms with van der Waals surface area (Å²) in [6.07, 6.45) is 1.52. The van der Waals surface area contributed by atoms with E-state index >= 15 is 0 Å². The number of ether oxygens (including phenoxy) is 2. The second-order valence-corrected chi connectivity index (χ2v) is 5.93. The van der Waals surface area contributed by atoms with Crippen LogP contribution in [0.3, 0.4) is 0 Å². The van der Waals surface area contributed by atoms with Gasteiger partial charge in [0.2, 0.25) is 6.79 Å². The fourth-order valence-electron chi connectivity index (χ4n) is 2.34. The Morgan fingerprint density at radius 2 is 1.96 bits per heavy atom. The molecule has 0 unspecified atom stereocenters. The van der Waals surface area contributed by atoms with E-state index in [0.29, 0.717) is 17.1 Å². The van der Waals surface area contributed by atoms with Crippen molar-refractivity contribution in [2.75, 3.05) is 6.79 Å². The average Bonchev–Trinajstić information content (AvgIpc) is 3.20. The van der Waals surface area contributed by atoms with E-state index in [0.717, 1.165) is 15.4 Å². The van der Waals surface area contributed by atoms with Gasteiger partial charge in [-0.15, -0.1) is 0 Å². The van der Waals surface area contributed by atoms with Gasteiger partial charge in [0.25, 0.3) is 0 Å². The van der Waals surface area contributed by atoms with Gasteiger partial charge in [0, 0.05) is 15.4 Å². The Hall–Kier alpha value is -2.80. The average molecular weight is 387 g/mol. The molecule has 0 bridgehead atoms. The number of carbonyl (C=O) groups is 1. The number of halogens is 1. The molecule has 1 N–H and O–H groups in total. The summed E-state index contributed by atoms with van der Waals surface area (Å²) in [5.41, 5.74) is 3.86. The van der Waals surface area contributed by atoms with Crippen LogP contribution < -0.4 is 14.9 Å². The van der Waals surface area contributed by atoms with Crippen molar-refractivity contribution < 1.29 is 18.7 Å². The zero-order chi connectivity index (χ0) is 16.5. The summed E-state index contributed by atoms with van der Waals surface area (Å²) in [7, 11) is 0. The molecule has 120 valence electrons. The molecular formula is C17H11BrN2O4. The third-order valence-corrected chi connectivity index (χ3v) is 4.20. The van der Waals surface area contributed by atoms with Crippen LogP contribution in [-0.4, -0.2) is 18.9 Å². The van der Waals surface area contributed by atoms with E-state index in [1.54, 1.807) is 24.3 Å². The molecule has 24 heavy (non-hydrogen) atoms. The maximum atomic E-state index is 12.1. The Labute approximate surface area is 145 Å². The molecule has 2 heterocycles. The summed E-state index contributed by atoms with van der Waals surface area (Å²) in [5, 5.41) is 4.83. The van der Waals surface area contributed by atoms with Gasteiger partial charge in [-0.3, -0.25) is 4.79 Å². The normalized spacial score (nSPS) is 12.9. The van der Waals surface area contributed by atoms with E-state index in [2.05, 4.69) is 26.5 Å². The first-order valence-corrected chi connectivity index (χ1v) is 7.91. The molecule has 7 heteroatoms. The lowest BCUT2D eigenvalue weighted by Gasteiger charge is -2.01. The van der Waals surface area contributed by atoms with Crippen LogP contribution in [0.2, 0.25) is 0 Å². The topological polar surface area (TPSA) is 73.1 Å². The lowest BCUT2D eigenvalue weighted by Crippen LogP contribution is -2.16. The van der Waals surface area contributed by atoms with Gasteiger partial charge in [-0.1, -0.05) is 18.2 Å². The van der Waals surface area contributed by atoms with Gasteiger partial charge in [-0.25, -0.2) is 5.43 Å². The van der Waals surface area contributed by atoms with Crippen molar-refractivity contribution in [1.29, 1.82) is 0 Å². The van der Waals surface area contributed by atoms with Crippen molar-refractivity contribution in [2.45, 2.75) is 0 Å². The molecule has 1 aliphatic rings. The van der Waals surface area contributed by atoms with Crippen molar-refractivity contribution in [1.82, 2.24) is 5.43 Å². The largest absolute Gasteiger partial charge is 0.454 e. The molecule has 1 amide bonds. The Morgan fingerprint density at radius 3 is 2.79 bits per heavy atom. The molecule has 1 aliphatic heterocycles. The number of fused-ring (bicyclic) bond motifs is 2. The quantitative estimate of drug-likeness (QED) is 0.550. The predicted octanol–water partition coefficient (Wildman–Crippen LogP) is 3.69.